The van der Waals surface area contributed by atoms with Gasteiger partial charge in [-0.15, -0.1) is 0 Å². The van der Waals surface area contributed by atoms with E-state index in [1.807, 2.05) is 6.07 Å². The Labute approximate surface area is 149 Å². The molecule has 2 rings (SSSR count). The molecule has 0 radical (unpaired) electrons. The molecular weight excluding hydrogens is 340 g/mol. The Balaban J connectivity index is 1.97. The molecule has 1 aromatic carbocycles. The summed E-state index contributed by atoms with van der Waals surface area (Å²) in [6.45, 7) is 0. The summed E-state index contributed by atoms with van der Waals surface area (Å²) in [5.74, 6) is -0.273. The number of nitrogen functional groups attached to an aromatic ring is 1. The average molecular weight is 356 g/mol. The number of anilines is 2. The van der Waals surface area contributed by atoms with E-state index in [0.29, 0.717) is 16.4 Å². The van der Waals surface area contributed by atoms with Gasteiger partial charge in [0.2, 0.25) is 5.91 Å². The highest BCUT2D eigenvalue weighted by Crippen LogP contribution is 2.17. The van der Waals surface area contributed by atoms with Crippen molar-refractivity contribution in [3.05, 3.63) is 41.6 Å². The van der Waals surface area contributed by atoms with Gasteiger partial charge in [-0.3, -0.25) is 9.59 Å². The minimum absolute atomic E-state index is 0.0667. The van der Waals surface area contributed by atoms with Gasteiger partial charge in [-0.1, -0.05) is 17.8 Å². The molecule has 3 N–H and O–H groups in total. The summed E-state index contributed by atoms with van der Waals surface area (Å²) in [6.07, 6.45) is 1.32. The molecule has 0 aliphatic carbocycles. The molecule has 1 aromatic heterocycles. The number of aromatic nitrogens is 2. The second kappa shape index (κ2) is 8.12. The molecule has 9 heteroatoms. The van der Waals surface area contributed by atoms with Crippen LogP contribution in [0, 0.1) is 11.3 Å². The van der Waals surface area contributed by atoms with Gasteiger partial charge < -0.3 is 16.0 Å². The minimum Gasteiger partial charge on any atom is -0.382 e. The van der Waals surface area contributed by atoms with Crippen LogP contribution in [0.3, 0.4) is 0 Å². The molecule has 0 unspecified atom stereocenters. The van der Waals surface area contributed by atoms with E-state index < -0.39 is 0 Å². The van der Waals surface area contributed by atoms with Crippen LogP contribution in [-0.2, 0) is 4.79 Å². The van der Waals surface area contributed by atoms with E-state index in [9.17, 15) is 9.59 Å². The Morgan fingerprint density at radius 3 is 2.80 bits per heavy atom. The summed E-state index contributed by atoms with van der Waals surface area (Å²) in [6, 6.07) is 8.56. The third-order valence-corrected chi connectivity index (χ3v) is 3.91. The van der Waals surface area contributed by atoms with Crippen LogP contribution >= 0.6 is 11.8 Å². The molecule has 0 aliphatic rings. The van der Waals surface area contributed by atoms with Crippen molar-refractivity contribution < 1.29 is 9.59 Å². The van der Waals surface area contributed by atoms with Gasteiger partial charge in [-0.05, 0) is 18.2 Å². The van der Waals surface area contributed by atoms with Crippen molar-refractivity contribution in [2.75, 3.05) is 30.9 Å². The van der Waals surface area contributed by atoms with Crippen LogP contribution in [0.5, 0.6) is 0 Å². The van der Waals surface area contributed by atoms with Crippen molar-refractivity contribution in [1.29, 1.82) is 5.26 Å². The summed E-state index contributed by atoms with van der Waals surface area (Å²) >= 11 is 1.10. The average Bonchev–Trinajstić information content (AvgIpc) is 2.59. The predicted octanol–water partition coefficient (Wildman–Crippen LogP) is 1.36. The van der Waals surface area contributed by atoms with Gasteiger partial charge in [0.15, 0.2) is 5.16 Å². The lowest BCUT2D eigenvalue weighted by Gasteiger charge is -2.11. The smallest absolute Gasteiger partial charge is 0.253 e. The van der Waals surface area contributed by atoms with Crippen molar-refractivity contribution in [1.82, 2.24) is 14.9 Å². The number of nitriles is 1. The molecular formula is C16H16N6O2S. The van der Waals surface area contributed by atoms with Crippen LogP contribution in [0.1, 0.15) is 15.9 Å². The first-order valence-electron chi connectivity index (χ1n) is 7.17. The highest BCUT2D eigenvalue weighted by atomic mass is 32.2. The van der Waals surface area contributed by atoms with Gasteiger partial charge >= 0.3 is 0 Å². The van der Waals surface area contributed by atoms with Gasteiger partial charge in [-0.25, -0.2) is 9.97 Å². The summed E-state index contributed by atoms with van der Waals surface area (Å²) in [5, 5.41) is 11.8. The molecule has 8 nitrogen and oxygen atoms in total. The molecule has 1 heterocycles. The number of nitrogens with zero attached hydrogens (tertiary/aromatic N) is 4. The zero-order chi connectivity index (χ0) is 18.4. The van der Waals surface area contributed by atoms with E-state index in [1.54, 1.807) is 38.4 Å². The monoisotopic (exact) mass is 356 g/mol. The lowest BCUT2D eigenvalue weighted by atomic mass is 10.2. The number of nitrogens with one attached hydrogen (secondary N) is 1. The second-order valence-corrected chi connectivity index (χ2v) is 6.12. The van der Waals surface area contributed by atoms with E-state index in [4.69, 9.17) is 11.0 Å². The standard InChI is InChI=1S/C16H16N6O2S/c1-22(2)15(24)10-4-3-5-12(6-10)20-13(23)9-25-16-19-8-11(7-17)14(18)21-16/h3-6,8H,9H2,1-2H3,(H,20,23)(H2,18,19,21). The Hall–Kier alpha value is -3.12. The fourth-order valence-corrected chi connectivity index (χ4v) is 2.47. The molecule has 0 bridgehead atoms. The van der Waals surface area contributed by atoms with Gasteiger partial charge in [0, 0.05) is 25.3 Å². The molecule has 0 spiro atoms. The first-order valence-corrected chi connectivity index (χ1v) is 8.16. The molecule has 0 saturated heterocycles. The third kappa shape index (κ3) is 4.92. The van der Waals surface area contributed by atoms with E-state index >= 15 is 0 Å². The Morgan fingerprint density at radius 1 is 1.40 bits per heavy atom. The maximum Gasteiger partial charge on any atom is 0.253 e. The predicted molar refractivity (Wildman–Crippen MR) is 95.0 cm³/mol. The zero-order valence-corrected chi connectivity index (χ0v) is 14.5. The molecule has 0 atom stereocenters. The van der Waals surface area contributed by atoms with Crippen LogP contribution < -0.4 is 11.1 Å². The maximum absolute atomic E-state index is 12.0. The van der Waals surface area contributed by atoms with Gasteiger partial charge in [-0.2, -0.15) is 5.26 Å². The van der Waals surface area contributed by atoms with Gasteiger partial charge in [0.25, 0.3) is 5.91 Å². The van der Waals surface area contributed by atoms with Crippen LogP contribution in [0.2, 0.25) is 0 Å². The number of hydrogen-bond acceptors (Lipinski definition) is 7. The number of hydrogen-bond donors (Lipinski definition) is 2. The molecule has 0 saturated carbocycles. The SMILES string of the molecule is CN(C)C(=O)c1cccc(NC(=O)CSc2ncc(C#N)c(N)n2)c1. The lowest BCUT2D eigenvalue weighted by molar-refractivity contribution is -0.113. The molecule has 0 aliphatic heterocycles. The van der Waals surface area contributed by atoms with Crippen molar-refractivity contribution in [3.8, 4) is 6.07 Å². The number of carbonyl (C=O) groups excluding carboxylic acids is 2. The minimum atomic E-state index is -0.272. The first kappa shape index (κ1) is 18.2. The summed E-state index contributed by atoms with van der Waals surface area (Å²) in [5.41, 5.74) is 6.81. The maximum atomic E-state index is 12.0. The van der Waals surface area contributed by atoms with Crippen LogP contribution in [0.15, 0.2) is 35.6 Å². The van der Waals surface area contributed by atoms with Crippen LogP contribution in [0.4, 0.5) is 11.5 Å². The number of carbonyl (C=O) groups is 2. The number of nitrogens with two attached hydrogens (primary N) is 1. The molecule has 0 fully saturated rings. The normalized spacial score (nSPS) is 9.96. The summed E-state index contributed by atoms with van der Waals surface area (Å²) < 4.78 is 0. The van der Waals surface area contributed by atoms with E-state index in [0.717, 1.165) is 11.8 Å². The van der Waals surface area contributed by atoms with Crippen molar-refractivity contribution in [2.45, 2.75) is 5.16 Å². The van der Waals surface area contributed by atoms with Crippen molar-refractivity contribution >= 4 is 35.1 Å². The Kier molecular flexibility index (Phi) is 5.92. The topological polar surface area (TPSA) is 125 Å². The second-order valence-electron chi connectivity index (χ2n) is 5.18. The Morgan fingerprint density at radius 2 is 2.16 bits per heavy atom. The van der Waals surface area contributed by atoms with Crippen LogP contribution in [0.25, 0.3) is 0 Å². The fourth-order valence-electron chi connectivity index (χ4n) is 1.85. The quantitative estimate of drug-likeness (QED) is 0.612. The van der Waals surface area contributed by atoms with E-state index in [1.165, 1.54) is 11.1 Å². The first-order chi connectivity index (χ1) is 11.9. The molecule has 25 heavy (non-hydrogen) atoms. The molecule has 2 aromatic rings. The molecule has 2 amide bonds. The molecule has 128 valence electrons. The number of benzene rings is 1. The van der Waals surface area contributed by atoms with Crippen molar-refractivity contribution in [3.63, 3.8) is 0 Å². The Bertz CT molecular complexity index is 847. The number of amides is 2. The van der Waals surface area contributed by atoms with E-state index in [-0.39, 0.29) is 28.9 Å². The third-order valence-electron chi connectivity index (χ3n) is 3.05. The highest BCUT2D eigenvalue weighted by Gasteiger charge is 2.11. The van der Waals surface area contributed by atoms with Crippen LogP contribution in [-0.4, -0.2) is 46.5 Å². The lowest BCUT2D eigenvalue weighted by Crippen LogP contribution is -2.22. The van der Waals surface area contributed by atoms with Crippen molar-refractivity contribution in [2.24, 2.45) is 0 Å². The number of thioether (sulfide) groups is 1. The summed E-state index contributed by atoms with van der Waals surface area (Å²) in [7, 11) is 3.32. The highest BCUT2D eigenvalue weighted by molar-refractivity contribution is 7.99. The van der Waals surface area contributed by atoms with Gasteiger partial charge in [0.1, 0.15) is 17.5 Å². The summed E-state index contributed by atoms with van der Waals surface area (Å²) in [4.78, 5) is 33.4. The largest absolute Gasteiger partial charge is 0.382 e. The van der Waals surface area contributed by atoms with Gasteiger partial charge in [0.05, 0.1) is 11.9 Å². The fraction of sp³-hybridized carbons (Fsp3) is 0.188. The van der Waals surface area contributed by atoms with E-state index in [2.05, 4.69) is 15.3 Å². The number of rotatable bonds is 5. The zero-order valence-electron chi connectivity index (χ0n) is 13.7.